The van der Waals surface area contributed by atoms with Crippen LogP contribution in [0.2, 0.25) is 0 Å². The molecule has 3 aromatic carbocycles. The van der Waals surface area contributed by atoms with Crippen LogP contribution in [0.3, 0.4) is 0 Å². The van der Waals surface area contributed by atoms with E-state index in [0.29, 0.717) is 29.7 Å². The molecule has 1 aliphatic rings. The molecule has 32 heavy (non-hydrogen) atoms. The van der Waals surface area contributed by atoms with Crippen molar-refractivity contribution in [3.8, 4) is 33.7 Å². The minimum atomic E-state index is -1.10. The highest BCUT2D eigenvalue weighted by Gasteiger charge is 2.51. The number of hydrogen-bond donors (Lipinski definition) is 2. The summed E-state index contributed by atoms with van der Waals surface area (Å²) in [6.07, 6.45) is 1.34. The van der Waals surface area contributed by atoms with E-state index in [4.69, 9.17) is 4.52 Å². The van der Waals surface area contributed by atoms with Crippen molar-refractivity contribution in [3.05, 3.63) is 90.0 Å². The molecule has 0 bridgehead atoms. The molecule has 0 saturated heterocycles. The molecule has 1 fully saturated rings. The fourth-order valence-corrected chi connectivity index (χ4v) is 4.03. The monoisotopic (exact) mass is 425 g/mol. The highest BCUT2D eigenvalue weighted by molar-refractivity contribution is 6.00. The van der Waals surface area contributed by atoms with Gasteiger partial charge >= 0.3 is 11.9 Å². The third-order valence-corrected chi connectivity index (χ3v) is 6.03. The molecule has 1 saturated carbocycles. The second kappa shape index (κ2) is 7.50. The first-order valence-electron chi connectivity index (χ1n) is 10.2. The number of carboxylic acids is 2. The fourth-order valence-electron chi connectivity index (χ4n) is 4.03. The Kier molecular flexibility index (Phi) is 4.63. The molecule has 0 radical (unpaired) electrons. The van der Waals surface area contributed by atoms with Crippen molar-refractivity contribution in [2.24, 2.45) is 0 Å². The Balaban J connectivity index is 1.45. The van der Waals surface area contributed by atoms with Gasteiger partial charge in [0, 0.05) is 11.1 Å². The van der Waals surface area contributed by atoms with E-state index in [1.165, 1.54) is 0 Å². The van der Waals surface area contributed by atoms with Crippen LogP contribution in [0.5, 0.6) is 0 Å². The van der Waals surface area contributed by atoms with Gasteiger partial charge in [0.25, 0.3) is 0 Å². The van der Waals surface area contributed by atoms with Gasteiger partial charge in [-0.25, -0.2) is 4.79 Å². The predicted molar refractivity (Wildman–Crippen MR) is 118 cm³/mol. The summed E-state index contributed by atoms with van der Waals surface area (Å²) in [5.74, 6) is -1.67. The van der Waals surface area contributed by atoms with Crippen LogP contribution in [-0.2, 0) is 10.2 Å². The number of benzene rings is 3. The number of carboxylic acid groups (broad SMARTS) is 2. The number of aromatic nitrogens is 1. The zero-order valence-corrected chi connectivity index (χ0v) is 17.0. The minimum absolute atomic E-state index is 0.0247. The molecule has 0 spiro atoms. The van der Waals surface area contributed by atoms with Crippen LogP contribution in [0.1, 0.15) is 28.8 Å². The van der Waals surface area contributed by atoms with E-state index in [1.807, 2.05) is 54.6 Å². The van der Waals surface area contributed by atoms with Crippen molar-refractivity contribution in [2.45, 2.75) is 18.3 Å². The molecule has 1 heterocycles. The molecule has 6 nitrogen and oxygen atoms in total. The average molecular weight is 425 g/mol. The topological polar surface area (TPSA) is 101 Å². The molecular formula is C26H19NO5. The van der Waals surface area contributed by atoms with Crippen LogP contribution >= 0.6 is 0 Å². The highest BCUT2D eigenvalue weighted by atomic mass is 16.5. The summed E-state index contributed by atoms with van der Waals surface area (Å²) in [5, 5.41) is 23.3. The second-order valence-electron chi connectivity index (χ2n) is 7.95. The summed E-state index contributed by atoms with van der Waals surface area (Å²) >= 11 is 0. The normalized spacial score (nSPS) is 14.1. The van der Waals surface area contributed by atoms with Gasteiger partial charge < -0.3 is 14.7 Å². The standard InChI is InChI=1S/C26H19NO5/c28-24(29)21-22(18-4-2-1-3-5-18)27-32-23(21)19-8-6-16(7-9-19)17-10-12-20(13-11-17)26(14-15-26)25(30)31/h1-13H,14-15H2,(H,28,29)(H,30,31). The van der Waals surface area contributed by atoms with Crippen LogP contribution in [-0.4, -0.2) is 27.3 Å². The number of carbonyl (C=O) groups is 2. The van der Waals surface area contributed by atoms with Gasteiger partial charge in [-0.2, -0.15) is 0 Å². The van der Waals surface area contributed by atoms with Gasteiger partial charge in [0.15, 0.2) is 5.76 Å². The maximum absolute atomic E-state index is 12.0. The molecule has 6 heteroatoms. The second-order valence-corrected chi connectivity index (χ2v) is 7.95. The highest BCUT2D eigenvalue weighted by Crippen LogP contribution is 2.48. The van der Waals surface area contributed by atoms with E-state index < -0.39 is 17.4 Å². The molecule has 0 unspecified atom stereocenters. The van der Waals surface area contributed by atoms with Gasteiger partial charge in [-0.05, 0) is 29.5 Å². The zero-order valence-electron chi connectivity index (χ0n) is 17.0. The number of aromatic carboxylic acids is 1. The van der Waals surface area contributed by atoms with Crippen molar-refractivity contribution in [3.63, 3.8) is 0 Å². The minimum Gasteiger partial charge on any atom is -0.481 e. The SMILES string of the molecule is O=C(O)c1c(-c2ccccc2)noc1-c1ccc(-c2ccc(C3(C(=O)O)CC3)cc2)cc1. The van der Waals surface area contributed by atoms with E-state index in [-0.39, 0.29) is 11.3 Å². The van der Waals surface area contributed by atoms with Gasteiger partial charge in [0.2, 0.25) is 0 Å². The molecule has 0 aliphatic heterocycles. The first-order chi connectivity index (χ1) is 15.5. The van der Waals surface area contributed by atoms with E-state index in [9.17, 15) is 19.8 Å². The zero-order chi connectivity index (χ0) is 22.3. The van der Waals surface area contributed by atoms with Gasteiger partial charge in [0.1, 0.15) is 11.3 Å². The maximum atomic E-state index is 12.0. The Morgan fingerprint density at radius 2 is 1.31 bits per heavy atom. The van der Waals surface area contributed by atoms with Gasteiger partial charge in [-0.15, -0.1) is 0 Å². The Bertz CT molecular complexity index is 1300. The quantitative estimate of drug-likeness (QED) is 0.424. The summed E-state index contributed by atoms with van der Waals surface area (Å²) in [7, 11) is 0. The summed E-state index contributed by atoms with van der Waals surface area (Å²) in [4.78, 5) is 23.5. The van der Waals surface area contributed by atoms with Gasteiger partial charge in [0.05, 0.1) is 5.41 Å². The Morgan fingerprint density at radius 1 is 0.750 bits per heavy atom. The van der Waals surface area contributed by atoms with Gasteiger partial charge in [-0.1, -0.05) is 84.0 Å². The molecule has 158 valence electrons. The van der Waals surface area contributed by atoms with Gasteiger partial charge in [-0.3, -0.25) is 4.79 Å². The van der Waals surface area contributed by atoms with E-state index in [1.54, 1.807) is 24.3 Å². The molecule has 2 N–H and O–H groups in total. The molecule has 5 rings (SSSR count). The van der Waals surface area contributed by atoms with E-state index in [0.717, 1.165) is 16.7 Å². The fraction of sp³-hybridized carbons (Fsp3) is 0.115. The molecule has 0 atom stereocenters. The van der Waals surface area contributed by atoms with Crippen LogP contribution in [0.25, 0.3) is 33.7 Å². The molecular weight excluding hydrogens is 406 g/mol. The first kappa shape index (κ1) is 19.8. The van der Waals surface area contributed by atoms with E-state index in [2.05, 4.69) is 5.16 Å². The summed E-state index contributed by atoms with van der Waals surface area (Å²) in [6.45, 7) is 0. The third kappa shape index (κ3) is 3.26. The van der Waals surface area contributed by atoms with Crippen molar-refractivity contribution in [1.29, 1.82) is 0 Å². The number of rotatable bonds is 6. The number of aliphatic carboxylic acids is 1. The average Bonchev–Trinajstić information content (AvgIpc) is 3.52. The summed E-state index contributed by atoms with van der Waals surface area (Å²) in [6, 6.07) is 24.0. The molecule has 1 aromatic heterocycles. The Hall–Kier alpha value is -4.19. The lowest BCUT2D eigenvalue weighted by atomic mass is 9.93. The lowest BCUT2D eigenvalue weighted by Crippen LogP contribution is -2.19. The Labute approximate surface area is 183 Å². The van der Waals surface area contributed by atoms with Crippen molar-refractivity contribution in [1.82, 2.24) is 5.16 Å². The van der Waals surface area contributed by atoms with Crippen LogP contribution in [0.4, 0.5) is 0 Å². The van der Waals surface area contributed by atoms with Crippen molar-refractivity contribution >= 4 is 11.9 Å². The van der Waals surface area contributed by atoms with E-state index >= 15 is 0 Å². The molecule has 4 aromatic rings. The maximum Gasteiger partial charge on any atom is 0.342 e. The lowest BCUT2D eigenvalue weighted by molar-refractivity contribution is -0.140. The molecule has 1 aliphatic carbocycles. The van der Waals surface area contributed by atoms with Crippen LogP contribution < -0.4 is 0 Å². The number of hydrogen-bond acceptors (Lipinski definition) is 4. The summed E-state index contributed by atoms with van der Waals surface area (Å²) in [5.41, 5.74) is 3.58. The number of nitrogens with zero attached hydrogens (tertiary/aromatic N) is 1. The summed E-state index contributed by atoms with van der Waals surface area (Å²) < 4.78 is 5.44. The first-order valence-corrected chi connectivity index (χ1v) is 10.2. The lowest BCUT2D eigenvalue weighted by Gasteiger charge is -2.11. The van der Waals surface area contributed by atoms with Crippen LogP contribution in [0, 0.1) is 0 Å². The van der Waals surface area contributed by atoms with Crippen molar-refractivity contribution < 1.29 is 24.3 Å². The third-order valence-electron chi connectivity index (χ3n) is 6.03. The molecule has 0 amide bonds. The smallest absolute Gasteiger partial charge is 0.342 e. The largest absolute Gasteiger partial charge is 0.481 e. The van der Waals surface area contributed by atoms with Crippen molar-refractivity contribution in [2.75, 3.05) is 0 Å². The Morgan fingerprint density at radius 3 is 1.84 bits per heavy atom. The predicted octanol–water partition coefficient (Wildman–Crippen LogP) is 5.49. The van der Waals surface area contributed by atoms with Crippen LogP contribution in [0.15, 0.2) is 83.4 Å².